The molecule has 0 atom stereocenters. The van der Waals surface area contributed by atoms with Crippen molar-refractivity contribution in [3.63, 3.8) is 0 Å². The second-order valence-electron chi connectivity index (χ2n) is 14.4. The van der Waals surface area contributed by atoms with E-state index in [2.05, 4.69) is 156 Å². The molecular formula is C51H30N4O. The molecule has 3 aromatic heterocycles. The fraction of sp³-hybridized carbons (Fsp3) is 0. The van der Waals surface area contributed by atoms with Crippen LogP contribution in [0.25, 0.3) is 116 Å². The predicted octanol–water partition coefficient (Wildman–Crippen LogP) is 13.3. The van der Waals surface area contributed by atoms with E-state index in [1.54, 1.807) is 0 Å². The molecule has 0 saturated carbocycles. The first-order valence-corrected chi connectivity index (χ1v) is 18.9. The van der Waals surface area contributed by atoms with Gasteiger partial charge in [-0.25, -0.2) is 4.98 Å². The van der Waals surface area contributed by atoms with Crippen molar-refractivity contribution in [2.45, 2.75) is 0 Å². The lowest BCUT2D eigenvalue weighted by atomic mass is 9.96. The summed E-state index contributed by atoms with van der Waals surface area (Å²) in [7, 11) is 0. The highest BCUT2D eigenvalue weighted by Gasteiger charge is 2.24. The minimum absolute atomic E-state index is 0.555. The van der Waals surface area contributed by atoms with Crippen LogP contribution in [0.15, 0.2) is 186 Å². The third-order valence-electron chi connectivity index (χ3n) is 11.2. The van der Waals surface area contributed by atoms with Crippen molar-refractivity contribution in [2.75, 3.05) is 0 Å². The van der Waals surface area contributed by atoms with Crippen LogP contribution in [0.5, 0.6) is 0 Å². The molecule has 0 saturated heterocycles. The predicted molar refractivity (Wildman–Crippen MR) is 230 cm³/mol. The Morgan fingerprint density at radius 2 is 0.982 bits per heavy atom. The molecule has 0 N–H and O–H groups in total. The first-order chi connectivity index (χ1) is 27.8. The zero-order valence-electron chi connectivity index (χ0n) is 30.0. The van der Waals surface area contributed by atoms with Crippen molar-refractivity contribution in [2.24, 2.45) is 0 Å². The zero-order chi connectivity index (χ0) is 36.7. The number of aromatic nitrogens is 4. The highest BCUT2D eigenvalue weighted by molar-refractivity contribution is 6.33. The maximum absolute atomic E-state index is 6.44. The molecule has 0 aliphatic rings. The second kappa shape index (κ2) is 11.9. The van der Waals surface area contributed by atoms with Crippen molar-refractivity contribution in [1.82, 2.24) is 19.5 Å². The van der Waals surface area contributed by atoms with Crippen molar-refractivity contribution in [3.8, 4) is 39.9 Å². The maximum Gasteiger partial charge on any atom is 0.238 e. The molecule has 12 rings (SSSR count). The van der Waals surface area contributed by atoms with Gasteiger partial charge in [0.25, 0.3) is 0 Å². The summed E-state index contributed by atoms with van der Waals surface area (Å²) in [6.45, 7) is 0. The Bertz CT molecular complexity index is 3540. The van der Waals surface area contributed by atoms with Crippen molar-refractivity contribution >= 4 is 76.1 Å². The Kier molecular flexibility index (Phi) is 6.56. The lowest BCUT2D eigenvalue weighted by molar-refractivity contribution is 0.669. The second-order valence-corrected chi connectivity index (χ2v) is 14.4. The van der Waals surface area contributed by atoms with Crippen LogP contribution >= 0.6 is 0 Å². The van der Waals surface area contributed by atoms with Crippen LogP contribution in [0.3, 0.4) is 0 Å². The van der Waals surface area contributed by atoms with Gasteiger partial charge in [0.2, 0.25) is 5.95 Å². The summed E-state index contributed by atoms with van der Waals surface area (Å²) in [6, 6.07) is 63.8. The Balaban J connectivity index is 1.24. The first-order valence-electron chi connectivity index (χ1n) is 18.9. The van der Waals surface area contributed by atoms with E-state index in [1.165, 1.54) is 21.5 Å². The molecule has 0 spiro atoms. The molecule has 0 bridgehead atoms. The van der Waals surface area contributed by atoms with Crippen LogP contribution in [0, 0.1) is 0 Å². The van der Waals surface area contributed by atoms with Crippen molar-refractivity contribution in [3.05, 3.63) is 182 Å². The summed E-state index contributed by atoms with van der Waals surface area (Å²) < 4.78 is 8.72. The molecule has 56 heavy (non-hydrogen) atoms. The van der Waals surface area contributed by atoms with Gasteiger partial charge in [-0.3, -0.25) is 4.57 Å². The van der Waals surface area contributed by atoms with Gasteiger partial charge < -0.3 is 4.42 Å². The van der Waals surface area contributed by atoms with Crippen LogP contribution < -0.4 is 0 Å². The molecule has 5 nitrogen and oxygen atoms in total. The molecule has 5 heteroatoms. The zero-order valence-corrected chi connectivity index (χ0v) is 30.0. The van der Waals surface area contributed by atoms with Gasteiger partial charge in [-0.15, -0.1) is 0 Å². The molecule has 0 unspecified atom stereocenters. The first kappa shape index (κ1) is 30.8. The summed E-state index contributed by atoms with van der Waals surface area (Å²) in [5.74, 6) is 1.78. The summed E-state index contributed by atoms with van der Waals surface area (Å²) >= 11 is 0. The number of hydrogen-bond donors (Lipinski definition) is 0. The maximum atomic E-state index is 6.44. The molecule has 0 aliphatic carbocycles. The van der Waals surface area contributed by atoms with Gasteiger partial charge in [0.1, 0.15) is 11.2 Å². The van der Waals surface area contributed by atoms with Crippen LogP contribution in [-0.4, -0.2) is 19.5 Å². The van der Waals surface area contributed by atoms with E-state index in [9.17, 15) is 0 Å². The fourth-order valence-electron chi connectivity index (χ4n) is 8.69. The smallest absolute Gasteiger partial charge is 0.238 e. The van der Waals surface area contributed by atoms with E-state index in [1.807, 2.05) is 30.3 Å². The van der Waals surface area contributed by atoms with E-state index in [0.717, 1.165) is 76.8 Å². The number of fused-ring (bicyclic) bond motifs is 12. The Morgan fingerprint density at radius 1 is 0.357 bits per heavy atom. The van der Waals surface area contributed by atoms with Crippen LogP contribution in [-0.2, 0) is 0 Å². The number of benzene rings is 9. The van der Waals surface area contributed by atoms with Gasteiger partial charge >= 0.3 is 0 Å². The lowest BCUT2D eigenvalue weighted by Crippen LogP contribution is -2.07. The highest BCUT2D eigenvalue weighted by Crippen LogP contribution is 2.45. The molecular weight excluding hydrogens is 685 g/mol. The van der Waals surface area contributed by atoms with E-state index in [4.69, 9.17) is 19.4 Å². The molecule has 9 aromatic carbocycles. The van der Waals surface area contributed by atoms with E-state index >= 15 is 0 Å². The van der Waals surface area contributed by atoms with Crippen molar-refractivity contribution < 1.29 is 4.42 Å². The monoisotopic (exact) mass is 714 g/mol. The summed E-state index contributed by atoms with van der Waals surface area (Å²) in [5, 5.41) is 11.5. The van der Waals surface area contributed by atoms with E-state index in [-0.39, 0.29) is 0 Å². The highest BCUT2D eigenvalue weighted by atomic mass is 16.3. The molecule has 3 heterocycles. The summed E-state index contributed by atoms with van der Waals surface area (Å²) in [6.07, 6.45) is 0. The minimum atomic E-state index is 0.555. The average molecular weight is 715 g/mol. The third-order valence-corrected chi connectivity index (χ3v) is 11.2. The molecule has 0 radical (unpaired) electrons. The molecule has 12 aromatic rings. The van der Waals surface area contributed by atoms with Gasteiger partial charge in [0.15, 0.2) is 11.6 Å². The number of nitrogens with zero attached hydrogens (tertiary/aromatic N) is 4. The van der Waals surface area contributed by atoms with Gasteiger partial charge in [-0.1, -0.05) is 158 Å². The molecule has 0 amide bonds. The number of para-hydroxylation sites is 2. The molecule has 260 valence electrons. The number of hydrogen-bond acceptors (Lipinski definition) is 4. The SMILES string of the molecule is c1ccc(-c2nc(-c3ccc4ccccc4c3)nc(-n3c4c(-c5ccc6c(c5)oc5ccccc56)cccc4c4c5ccccc5c5ccccc5c43)n2)cc1. The van der Waals surface area contributed by atoms with Crippen LogP contribution in [0.4, 0.5) is 0 Å². The van der Waals surface area contributed by atoms with Crippen LogP contribution in [0.1, 0.15) is 0 Å². The third kappa shape index (κ3) is 4.58. The quantitative estimate of drug-likeness (QED) is 0.170. The number of rotatable bonds is 4. The Labute approximate surface area is 320 Å². The van der Waals surface area contributed by atoms with Gasteiger partial charge in [0.05, 0.1) is 11.0 Å². The number of furan rings is 1. The fourth-order valence-corrected chi connectivity index (χ4v) is 8.69. The average Bonchev–Trinajstić information content (AvgIpc) is 3.83. The Morgan fingerprint density at radius 3 is 1.82 bits per heavy atom. The largest absolute Gasteiger partial charge is 0.456 e. The van der Waals surface area contributed by atoms with E-state index < -0.39 is 0 Å². The lowest BCUT2D eigenvalue weighted by Gasteiger charge is -2.14. The van der Waals surface area contributed by atoms with Gasteiger partial charge in [-0.05, 0) is 56.8 Å². The van der Waals surface area contributed by atoms with Crippen molar-refractivity contribution in [1.29, 1.82) is 0 Å². The molecule has 0 fully saturated rings. The Hall–Kier alpha value is -7.63. The van der Waals surface area contributed by atoms with Crippen LogP contribution in [0.2, 0.25) is 0 Å². The summed E-state index contributed by atoms with van der Waals surface area (Å²) in [5.41, 5.74) is 7.76. The minimum Gasteiger partial charge on any atom is -0.456 e. The normalized spacial score (nSPS) is 11.9. The summed E-state index contributed by atoms with van der Waals surface area (Å²) in [4.78, 5) is 15.9. The topological polar surface area (TPSA) is 56.7 Å². The molecule has 0 aliphatic heterocycles. The van der Waals surface area contributed by atoms with Gasteiger partial charge in [-0.2, -0.15) is 9.97 Å². The van der Waals surface area contributed by atoms with Gasteiger partial charge in [0, 0.05) is 43.6 Å². The standard InChI is InChI=1S/C51H30N4O/c1-2-14-32(15-3-1)49-52-50(35-26-25-31-13-4-5-16-33(31)29-35)54-51(53-49)55-47-36(34-27-28-40-39-19-10-11-24-44(39)56-45(40)30-34)22-12-23-43(47)46-41-20-8-6-17-37(41)38-18-7-9-21-42(38)48(46)55/h1-30H. The van der Waals surface area contributed by atoms with E-state index in [0.29, 0.717) is 17.6 Å².